The van der Waals surface area contributed by atoms with Crippen LogP contribution in [0.1, 0.15) is 18.2 Å². The van der Waals surface area contributed by atoms with E-state index in [4.69, 9.17) is 27.9 Å². The van der Waals surface area contributed by atoms with E-state index < -0.39 is 0 Å². The number of hydrogen-bond acceptors (Lipinski definition) is 5. The van der Waals surface area contributed by atoms with Gasteiger partial charge in [0.25, 0.3) is 0 Å². The van der Waals surface area contributed by atoms with E-state index >= 15 is 0 Å². The average molecular weight is 664 g/mol. The number of carbonyl (C=O) groups excluding carboxylic acids is 2. The fourth-order valence-corrected chi connectivity index (χ4v) is 4.59. The number of halogens is 5. The average Bonchev–Trinajstić information content (AvgIpc) is 3.16. The van der Waals surface area contributed by atoms with Crippen LogP contribution in [0.4, 0.5) is 11.5 Å². The van der Waals surface area contributed by atoms with Gasteiger partial charge in [-0.25, -0.2) is 9.97 Å². The highest BCUT2D eigenvalue weighted by atomic mass is 79.9. The molecular formula is C25H24BrCl4N5O3. The molecule has 13 heteroatoms. The van der Waals surface area contributed by atoms with Gasteiger partial charge in [0.05, 0.1) is 16.4 Å². The van der Waals surface area contributed by atoms with Crippen molar-refractivity contribution in [2.45, 2.75) is 20.5 Å². The molecule has 0 aliphatic rings. The molecule has 0 fully saturated rings. The summed E-state index contributed by atoms with van der Waals surface area (Å²) in [5.74, 6) is 0.287. The largest absolute Gasteiger partial charge is 0.485 e. The zero-order chi connectivity index (χ0) is 26.0. The Kier molecular flexibility index (Phi) is 11.2. The molecule has 0 radical (unpaired) electrons. The van der Waals surface area contributed by atoms with E-state index in [0.29, 0.717) is 33.5 Å². The normalized spacial score (nSPS) is 10.4. The zero-order valence-electron chi connectivity index (χ0n) is 20.5. The maximum Gasteiger partial charge on any atom is 0.246 e. The Bertz CT molecular complexity index is 1450. The number of hydrogen-bond donors (Lipinski definition) is 0. The summed E-state index contributed by atoms with van der Waals surface area (Å²) in [5.41, 5.74) is 2.44. The standard InChI is InChI=1S/C25H22BrCl2N5O3.2ClH/c1-15-24(26)32-12-6-7-20(25(32)30-15)36-14-17-18(27)9-10-19(23(17)28)31(3)22(35)13-33(16(2)34)21-8-4-5-11-29-21;;/h4-12H,13-14H2,1-3H3;2*1H. The summed E-state index contributed by atoms with van der Waals surface area (Å²) in [7, 11) is 1.59. The van der Waals surface area contributed by atoms with Crippen LogP contribution in [0.2, 0.25) is 10.0 Å². The monoisotopic (exact) mass is 661 g/mol. The number of pyridine rings is 2. The molecule has 0 aliphatic heterocycles. The molecule has 3 aromatic heterocycles. The summed E-state index contributed by atoms with van der Waals surface area (Å²) >= 11 is 16.7. The Balaban J connectivity index is 0.00000253. The highest BCUT2D eigenvalue weighted by Gasteiger charge is 2.23. The highest BCUT2D eigenvalue weighted by Crippen LogP contribution is 2.35. The molecule has 1 aromatic carbocycles. The van der Waals surface area contributed by atoms with Crippen molar-refractivity contribution in [2.24, 2.45) is 0 Å². The second-order valence-electron chi connectivity index (χ2n) is 7.95. The molecule has 0 N–H and O–H groups in total. The van der Waals surface area contributed by atoms with Crippen LogP contribution in [-0.4, -0.2) is 39.8 Å². The minimum Gasteiger partial charge on any atom is -0.485 e. The Hall–Kier alpha value is -2.56. The number of carbonyl (C=O) groups is 2. The second kappa shape index (κ2) is 13.5. The lowest BCUT2D eigenvalue weighted by Crippen LogP contribution is -2.41. The molecule has 4 rings (SSSR count). The second-order valence-corrected chi connectivity index (χ2v) is 9.48. The predicted octanol–water partition coefficient (Wildman–Crippen LogP) is 6.55. The molecule has 2 amide bonds. The third-order valence-corrected chi connectivity index (χ3v) is 7.32. The van der Waals surface area contributed by atoms with Crippen LogP contribution in [0, 0.1) is 6.92 Å². The Labute approximate surface area is 250 Å². The smallest absolute Gasteiger partial charge is 0.246 e. The fraction of sp³-hybridized carbons (Fsp3) is 0.200. The third kappa shape index (κ3) is 6.52. The van der Waals surface area contributed by atoms with Gasteiger partial charge in [-0.05, 0) is 59.3 Å². The van der Waals surface area contributed by atoms with Crippen LogP contribution in [0.5, 0.6) is 5.75 Å². The molecule has 0 atom stereocenters. The first-order chi connectivity index (χ1) is 17.2. The molecule has 0 aliphatic carbocycles. The number of aromatic nitrogens is 3. The first-order valence-electron chi connectivity index (χ1n) is 10.9. The van der Waals surface area contributed by atoms with E-state index in [0.717, 1.165) is 10.3 Å². The minimum atomic E-state index is -0.352. The lowest BCUT2D eigenvalue weighted by Gasteiger charge is -2.25. The van der Waals surface area contributed by atoms with Crippen molar-refractivity contribution >= 4 is 92.9 Å². The van der Waals surface area contributed by atoms with Crippen LogP contribution in [-0.2, 0) is 16.2 Å². The number of anilines is 2. The molecule has 0 spiro atoms. The molecule has 8 nitrogen and oxygen atoms in total. The van der Waals surface area contributed by atoms with Crippen LogP contribution >= 0.6 is 63.9 Å². The van der Waals surface area contributed by atoms with Gasteiger partial charge in [-0.2, -0.15) is 0 Å². The van der Waals surface area contributed by atoms with Crippen LogP contribution in [0.25, 0.3) is 5.65 Å². The van der Waals surface area contributed by atoms with E-state index in [2.05, 4.69) is 25.9 Å². The van der Waals surface area contributed by atoms with Crippen molar-refractivity contribution in [1.29, 1.82) is 0 Å². The number of fused-ring (bicyclic) bond motifs is 1. The van der Waals surface area contributed by atoms with Crippen LogP contribution in [0.3, 0.4) is 0 Å². The summed E-state index contributed by atoms with van der Waals surface area (Å²) in [6.07, 6.45) is 3.44. The highest BCUT2D eigenvalue weighted by molar-refractivity contribution is 9.10. The van der Waals surface area contributed by atoms with Gasteiger partial charge < -0.3 is 9.64 Å². The number of benzene rings is 1. The Morgan fingerprint density at radius 1 is 1.11 bits per heavy atom. The van der Waals surface area contributed by atoms with E-state index in [1.807, 2.05) is 29.7 Å². The maximum absolute atomic E-state index is 13.1. The molecule has 0 saturated carbocycles. The number of likely N-dealkylation sites (N-methyl/N-ethyl adjacent to an activating group) is 1. The molecular weight excluding hydrogens is 640 g/mol. The predicted molar refractivity (Wildman–Crippen MR) is 159 cm³/mol. The van der Waals surface area contributed by atoms with Gasteiger partial charge in [0.15, 0.2) is 11.4 Å². The number of aryl methyl sites for hydroxylation is 1. The van der Waals surface area contributed by atoms with E-state index in [1.54, 1.807) is 43.6 Å². The number of rotatable bonds is 7. The van der Waals surface area contributed by atoms with Crippen molar-refractivity contribution in [3.63, 3.8) is 0 Å². The van der Waals surface area contributed by atoms with Crippen molar-refractivity contribution < 1.29 is 14.3 Å². The number of ether oxygens (including phenoxy) is 1. The zero-order valence-corrected chi connectivity index (χ0v) is 25.3. The van der Waals surface area contributed by atoms with Gasteiger partial charge in [0, 0.05) is 37.0 Å². The minimum absolute atomic E-state index is 0. The third-order valence-electron chi connectivity index (χ3n) is 5.59. The summed E-state index contributed by atoms with van der Waals surface area (Å²) in [6, 6.07) is 12.1. The number of imidazole rings is 1. The summed E-state index contributed by atoms with van der Waals surface area (Å²) in [5, 5.41) is 0.675. The topological polar surface area (TPSA) is 80.0 Å². The SMILES string of the molecule is CC(=O)N(CC(=O)N(C)c1ccc(Cl)c(COc2cccn3c(Br)c(C)nc23)c1Cl)c1ccccn1.Cl.Cl. The summed E-state index contributed by atoms with van der Waals surface area (Å²) in [4.78, 5) is 36.7. The van der Waals surface area contributed by atoms with Gasteiger partial charge in [-0.1, -0.05) is 29.3 Å². The molecule has 0 saturated heterocycles. The van der Waals surface area contributed by atoms with E-state index in [-0.39, 0.29) is 54.8 Å². The van der Waals surface area contributed by atoms with Crippen molar-refractivity contribution in [2.75, 3.05) is 23.4 Å². The van der Waals surface area contributed by atoms with Crippen LogP contribution in [0.15, 0.2) is 59.5 Å². The lowest BCUT2D eigenvalue weighted by molar-refractivity contribution is -0.121. The summed E-state index contributed by atoms with van der Waals surface area (Å²) < 4.78 is 8.76. The van der Waals surface area contributed by atoms with Crippen LogP contribution < -0.4 is 14.5 Å². The molecule has 202 valence electrons. The van der Waals surface area contributed by atoms with Gasteiger partial charge in [0.1, 0.15) is 23.6 Å². The molecule has 0 bridgehead atoms. The van der Waals surface area contributed by atoms with E-state index in [9.17, 15) is 9.59 Å². The van der Waals surface area contributed by atoms with Gasteiger partial charge >= 0.3 is 0 Å². The van der Waals surface area contributed by atoms with Gasteiger partial charge in [-0.15, -0.1) is 24.8 Å². The van der Waals surface area contributed by atoms with Gasteiger partial charge in [-0.3, -0.25) is 18.9 Å². The fourth-order valence-electron chi connectivity index (χ4n) is 3.61. The Morgan fingerprint density at radius 3 is 2.50 bits per heavy atom. The Morgan fingerprint density at radius 2 is 1.84 bits per heavy atom. The van der Waals surface area contributed by atoms with Crippen molar-refractivity contribution in [3.05, 3.63) is 80.8 Å². The number of amides is 2. The van der Waals surface area contributed by atoms with Crippen molar-refractivity contribution in [3.8, 4) is 5.75 Å². The first-order valence-corrected chi connectivity index (χ1v) is 12.4. The maximum atomic E-state index is 13.1. The quantitative estimate of drug-likeness (QED) is 0.224. The molecule has 38 heavy (non-hydrogen) atoms. The summed E-state index contributed by atoms with van der Waals surface area (Å²) in [6.45, 7) is 3.13. The first kappa shape index (κ1) is 31.7. The lowest BCUT2D eigenvalue weighted by atomic mass is 10.2. The van der Waals surface area contributed by atoms with Gasteiger partial charge in [0.2, 0.25) is 11.8 Å². The molecule has 4 aromatic rings. The van der Waals surface area contributed by atoms with Crippen molar-refractivity contribution in [1.82, 2.24) is 14.4 Å². The number of nitrogens with zero attached hydrogens (tertiary/aromatic N) is 5. The molecule has 3 heterocycles. The molecule has 0 unspecified atom stereocenters. The van der Waals surface area contributed by atoms with E-state index in [1.165, 1.54) is 16.7 Å².